The first-order valence-corrected chi connectivity index (χ1v) is 7.33. The summed E-state index contributed by atoms with van der Waals surface area (Å²) in [6, 6.07) is 7.72. The summed E-state index contributed by atoms with van der Waals surface area (Å²) in [5.74, 6) is -0.362. The smallest absolute Gasteiger partial charge is 0.217 e. The summed E-state index contributed by atoms with van der Waals surface area (Å²) in [6.07, 6.45) is 1.50. The van der Waals surface area contributed by atoms with Crippen LogP contribution in [-0.4, -0.2) is 36.1 Å². The number of aromatic nitrogens is 1. The first kappa shape index (κ1) is 12.7. The van der Waals surface area contributed by atoms with Gasteiger partial charge in [-0.15, -0.1) is 11.3 Å². The molecule has 0 amide bonds. The molecule has 1 saturated heterocycles. The molecule has 100 valence electrons. The van der Waals surface area contributed by atoms with Crippen molar-refractivity contribution in [2.45, 2.75) is 6.04 Å². The molecular formula is C14H16FN3S. The molecule has 3 nitrogen and oxygen atoms in total. The second kappa shape index (κ2) is 5.77. The number of nitrogens with one attached hydrogen (secondary N) is 1. The van der Waals surface area contributed by atoms with Gasteiger partial charge >= 0.3 is 0 Å². The van der Waals surface area contributed by atoms with E-state index in [1.165, 1.54) is 11.1 Å². The maximum absolute atomic E-state index is 14.0. The lowest BCUT2D eigenvalue weighted by molar-refractivity contribution is 0.197. The largest absolute Gasteiger partial charge is 0.314 e. The predicted molar refractivity (Wildman–Crippen MR) is 74.8 cm³/mol. The average molecular weight is 277 g/mol. The summed E-state index contributed by atoms with van der Waals surface area (Å²) in [5, 5.41) is 5.37. The van der Waals surface area contributed by atoms with Crippen molar-refractivity contribution < 1.29 is 4.39 Å². The van der Waals surface area contributed by atoms with E-state index < -0.39 is 0 Å². The van der Waals surface area contributed by atoms with Crippen molar-refractivity contribution in [1.29, 1.82) is 0 Å². The number of hydrogen-bond donors (Lipinski definition) is 1. The van der Waals surface area contributed by atoms with Crippen LogP contribution in [0.5, 0.6) is 0 Å². The molecule has 1 aliphatic rings. The van der Waals surface area contributed by atoms with Crippen molar-refractivity contribution >= 4 is 11.3 Å². The molecule has 5 heteroatoms. The van der Waals surface area contributed by atoms with Crippen molar-refractivity contribution in [3.8, 4) is 0 Å². The van der Waals surface area contributed by atoms with E-state index in [9.17, 15) is 4.39 Å². The molecule has 0 saturated carbocycles. The molecule has 3 heterocycles. The Kier molecular flexibility index (Phi) is 3.87. The standard InChI is InChI=1S/C14H16FN3S/c15-14-11(3-1-5-17-14)13(12-4-2-10-19-12)18-8-6-16-7-9-18/h1-5,10,13,16H,6-9H2/t13-/m0/s1. The third-order valence-corrected chi connectivity index (χ3v) is 4.34. The first-order chi connectivity index (χ1) is 9.36. The van der Waals surface area contributed by atoms with Gasteiger partial charge in [0.05, 0.1) is 6.04 Å². The maximum atomic E-state index is 14.0. The Morgan fingerprint density at radius 2 is 2.11 bits per heavy atom. The van der Waals surface area contributed by atoms with Crippen LogP contribution in [0.1, 0.15) is 16.5 Å². The summed E-state index contributed by atoms with van der Waals surface area (Å²) in [7, 11) is 0. The van der Waals surface area contributed by atoms with Crippen molar-refractivity contribution in [1.82, 2.24) is 15.2 Å². The molecule has 0 aromatic carbocycles. The van der Waals surface area contributed by atoms with E-state index in [1.54, 1.807) is 17.4 Å². The Labute approximate surface area is 116 Å². The fourth-order valence-corrected chi connectivity index (χ4v) is 3.40. The van der Waals surface area contributed by atoms with Gasteiger partial charge in [0.25, 0.3) is 0 Å². The molecule has 2 aromatic heterocycles. The summed E-state index contributed by atoms with van der Waals surface area (Å²) >= 11 is 1.67. The Morgan fingerprint density at radius 1 is 1.26 bits per heavy atom. The number of hydrogen-bond acceptors (Lipinski definition) is 4. The van der Waals surface area contributed by atoms with Crippen LogP contribution in [0.2, 0.25) is 0 Å². The van der Waals surface area contributed by atoms with Gasteiger partial charge in [-0.05, 0) is 17.5 Å². The first-order valence-electron chi connectivity index (χ1n) is 6.45. The molecule has 0 radical (unpaired) electrons. The van der Waals surface area contributed by atoms with E-state index in [1.807, 2.05) is 17.5 Å². The molecular weight excluding hydrogens is 261 g/mol. The van der Waals surface area contributed by atoms with Gasteiger partial charge in [-0.2, -0.15) is 4.39 Å². The zero-order chi connectivity index (χ0) is 13.1. The predicted octanol–water partition coefficient (Wildman–Crippen LogP) is 2.28. The van der Waals surface area contributed by atoms with Crippen LogP contribution in [-0.2, 0) is 0 Å². The van der Waals surface area contributed by atoms with E-state index in [4.69, 9.17) is 0 Å². The van der Waals surface area contributed by atoms with E-state index in [2.05, 4.69) is 21.3 Å². The fourth-order valence-electron chi connectivity index (χ4n) is 2.52. The molecule has 1 atom stereocenters. The van der Waals surface area contributed by atoms with Gasteiger partial charge in [0.1, 0.15) is 0 Å². The normalized spacial score (nSPS) is 18.4. The molecule has 3 rings (SSSR count). The number of thiophene rings is 1. The second-order valence-corrected chi connectivity index (χ2v) is 5.57. The summed E-state index contributed by atoms with van der Waals surface area (Å²) in [5.41, 5.74) is 0.673. The average Bonchev–Trinajstić information content (AvgIpc) is 2.96. The van der Waals surface area contributed by atoms with Gasteiger partial charge in [0.2, 0.25) is 5.95 Å². The number of nitrogens with zero attached hydrogens (tertiary/aromatic N) is 2. The van der Waals surface area contributed by atoms with Gasteiger partial charge < -0.3 is 5.32 Å². The molecule has 1 aliphatic heterocycles. The minimum Gasteiger partial charge on any atom is -0.314 e. The Balaban J connectivity index is 1.99. The Morgan fingerprint density at radius 3 is 2.79 bits per heavy atom. The van der Waals surface area contributed by atoms with Crippen molar-refractivity contribution in [2.75, 3.05) is 26.2 Å². The monoisotopic (exact) mass is 277 g/mol. The number of piperazine rings is 1. The van der Waals surface area contributed by atoms with E-state index >= 15 is 0 Å². The van der Waals surface area contributed by atoms with Gasteiger partial charge in [-0.3, -0.25) is 4.90 Å². The number of pyridine rings is 1. The van der Waals surface area contributed by atoms with Crippen LogP contribution in [0.25, 0.3) is 0 Å². The minimum atomic E-state index is -0.362. The molecule has 2 aromatic rings. The zero-order valence-corrected chi connectivity index (χ0v) is 11.4. The van der Waals surface area contributed by atoms with E-state index in [0.717, 1.165) is 26.2 Å². The van der Waals surface area contributed by atoms with E-state index in [0.29, 0.717) is 5.56 Å². The SMILES string of the molecule is Fc1ncccc1[C@@H](c1cccs1)N1CCNCC1. The van der Waals surface area contributed by atoms with E-state index in [-0.39, 0.29) is 12.0 Å². The van der Waals surface area contributed by atoms with Crippen LogP contribution in [0, 0.1) is 5.95 Å². The zero-order valence-electron chi connectivity index (χ0n) is 10.6. The molecule has 1 N–H and O–H groups in total. The third kappa shape index (κ3) is 2.68. The molecule has 0 spiro atoms. The lowest BCUT2D eigenvalue weighted by Gasteiger charge is -2.34. The molecule has 0 bridgehead atoms. The summed E-state index contributed by atoms with van der Waals surface area (Å²) in [4.78, 5) is 7.30. The van der Waals surface area contributed by atoms with Crippen LogP contribution < -0.4 is 5.32 Å². The quantitative estimate of drug-likeness (QED) is 0.872. The number of halogens is 1. The minimum absolute atomic E-state index is 0.0178. The van der Waals surface area contributed by atoms with Crippen molar-refractivity contribution in [2.24, 2.45) is 0 Å². The second-order valence-electron chi connectivity index (χ2n) is 4.59. The third-order valence-electron chi connectivity index (χ3n) is 3.41. The highest BCUT2D eigenvalue weighted by atomic mass is 32.1. The topological polar surface area (TPSA) is 28.2 Å². The van der Waals surface area contributed by atoms with Gasteiger partial charge in [-0.25, -0.2) is 4.98 Å². The highest BCUT2D eigenvalue weighted by Gasteiger charge is 2.27. The summed E-state index contributed by atoms with van der Waals surface area (Å²) < 4.78 is 14.0. The van der Waals surface area contributed by atoms with Crippen LogP contribution in [0.4, 0.5) is 4.39 Å². The van der Waals surface area contributed by atoms with Crippen LogP contribution >= 0.6 is 11.3 Å². The van der Waals surface area contributed by atoms with Crippen LogP contribution in [0.3, 0.4) is 0 Å². The van der Waals surface area contributed by atoms with Gasteiger partial charge in [0, 0.05) is 42.8 Å². The van der Waals surface area contributed by atoms with Gasteiger partial charge in [0.15, 0.2) is 0 Å². The molecule has 1 fully saturated rings. The van der Waals surface area contributed by atoms with Crippen molar-refractivity contribution in [3.05, 3.63) is 52.2 Å². The molecule has 0 aliphatic carbocycles. The Bertz CT molecular complexity index is 523. The van der Waals surface area contributed by atoms with Crippen molar-refractivity contribution in [3.63, 3.8) is 0 Å². The van der Waals surface area contributed by atoms with Crippen LogP contribution in [0.15, 0.2) is 35.8 Å². The molecule has 19 heavy (non-hydrogen) atoms. The lowest BCUT2D eigenvalue weighted by Crippen LogP contribution is -2.45. The number of rotatable bonds is 3. The molecule has 0 unspecified atom stereocenters. The van der Waals surface area contributed by atoms with Gasteiger partial charge in [-0.1, -0.05) is 12.1 Å². The summed E-state index contributed by atoms with van der Waals surface area (Å²) in [6.45, 7) is 3.75. The Hall–Kier alpha value is -1.30. The highest BCUT2D eigenvalue weighted by molar-refractivity contribution is 7.10. The fraction of sp³-hybridized carbons (Fsp3) is 0.357. The lowest BCUT2D eigenvalue weighted by atomic mass is 10.0. The highest BCUT2D eigenvalue weighted by Crippen LogP contribution is 2.32. The maximum Gasteiger partial charge on any atom is 0.217 e.